The zero-order valence-corrected chi connectivity index (χ0v) is 15.6. The quantitative estimate of drug-likeness (QED) is 0.612. The molecule has 2 atom stereocenters. The summed E-state index contributed by atoms with van der Waals surface area (Å²) in [6, 6.07) is 14.7. The third-order valence-corrected chi connectivity index (χ3v) is 5.94. The van der Waals surface area contributed by atoms with E-state index >= 15 is 0 Å². The maximum atomic E-state index is 13.5. The van der Waals surface area contributed by atoms with E-state index in [0.29, 0.717) is 0 Å². The molecular formula is C22H21ClFNO. The topological polar surface area (TPSA) is 32.9 Å². The number of aromatic amines is 1. The van der Waals surface area contributed by atoms with Gasteiger partial charge in [0.25, 0.3) is 0 Å². The third kappa shape index (κ3) is 2.66. The molecule has 0 bridgehead atoms. The summed E-state index contributed by atoms with van der Waals surface area (Å²) >= 11 is 5.98. The Bertz CT molecular complexity index is 973. The first kappa shape index (κ1) is 17.3. The number of Topliss-reactive ketones (excluding diaryl/α,β-unsaturated/α-hetero) is 1. The number of ketones is 1. The molecule has 2 aromatic carbocycles. The van der Waals surface area contributed by atoms with Gasteiger partial charge in [0.15, 0.2) is 5.78 Å². The van der Waals surface area contributed by atoms with Crippen molar-refractivity contribution < 1.29 is 9.18 Å². The van der Waals surface area contributed by atoms with E-state index in [1.54, 1.807) is 12.1 Å². The van der Waals surface area contributed by atoms with Crippen molar-refractivity contribution >= 4 is 28.3 Å². The van der Waals surface area contributed by atoms with Crippen molar-refractivity contribution in [1.29, 1.82) is 0 Å². The number of hydrogen-bond donors (Lipinski definition) is 1. The molecule has 1 N–H and O–H groups in total. The molecule has 134 valence electrons. The highest BCUT2D eigenvalue weighted by molar-refractivity contribution is 6.28. The Labute approximate surface area is 157 Å². The zero-order chi connectivity index (χ0) is 18.5. The van der Waals surface area contributed by atoms with E-state index in [0.717, 1.165) is 23.2 Å². The van der Waals surface area contributed by atoms with Gasteiger partial charge in [0.1, 0.15) is 5.82 Å². The highest BCUT2D eigenvalue weighted by atomic mass is 35.5. The second kappa shape index (κ2) is 6.24. The standard InChI is InChI=1S/C22H21ClFNO/c1-22(2)11-16-15-5-3-4-6-17(15)25-21(16)19(20(22)18(26)12-23)13-7-9-14(24)10-8-13/h3-10,19-20,25H,11-12H2,1-2H3/t19-,20-/m1/s1. The summed E-state index contributed by atoms with van der Waals surface area (Å²) < 4.78 is 13.5. The lowest BCUT2D eigenvalue weighted by molar-refractivity contribution is -0.124. The van der Waals surface area contributed by atoms with Gasteiger partial charge in [-0.05, 0) is 41.2 Å². The third-order valence-electron chi connectivity index (χ3n) is 5.67. The highest BCUT2D eigenvalue weighted by Gasteiger charge is 2.47. The fraction of sp³-hybridized carbons (Fsp3) is 0.318. The van der Waals surface area contributed by atoms with Crippen LogP contribution in [-0.4, -0.2) is 16.6 Å². The SMILES string of the molecule is CC1(C)Cc2c([nH]c3ccccc23)[C@H](c2ccc(F)cc2)[C@H]1C(=O)CCl. The van der Waals surface area contributed by atoms with Crippen molar-refractivity contribution in [2.75, 3.05) is 5.88 Å². The first-order valence-electron chi connectivity index (χ1n) is 8.86. The van der Waals surface area contributed by atoms with E-state index in [-0.39, 0.29) is 34.7 Å². The highest BCUT2D eigenvalue weighted by Crippen LogP contribution is 2.51. The summed E-state index contributed by atoms with van der Waals surface area (Å²) in [5, 5.41) is 1.19. The lowest BCUT2D eigenvalue weighted by Gasteiger charge is -2.43. The fourth-order valence-corrected chi connectivity index (χ4v) is 4.76. The van der Waals surface area contributed by atoms with Crippen LogP contribution in [-0.2, 0) is 11.2 Å². The Morgan fingerprint density at radius 3 is 2.58 bits per heavy atom. The molecule has 1 aliphatic rings. The van der Waals surface area contributed by atoms with Crippen molar-refractivity contribution in [2.24, 2.45) is 11.3 Å². The Morgan fingerprint density at radius 1 is 1.19 bits per heavy atom. The minimum Gasteiger partial charge on any atom is -0.358 e. The van der Waals surface area contributed by atoms with E-state index in [9.17, 15) is 9.18 Å². The lowest BCUT2D eigenvalue weighted by atomic mass is 9.60. The normalized spacial score (nSPS) is 21.5. The van der Waals surface area contributed by atoms with Crippen LogP contribution in [0, 0.1) is 17.2 Å². The average Bonchev–Trinajstić information content (AvgIpc) is 2.98. The molecule has 1 aliphatic carbocycles. The van der Waals surface area contributed by atoms with Crippen molar-refractivity contribution in [3.8, 4) is 0 Å². The van der Waals surface area contributed by atoms with Crippen LogP contribution < -0.4 is 0 Å². The number of para-hydroxylation sites is 1. The number of aromatic nitrogens is 1. The minimum absolute atomic E-state index is 0.0125. The maximum Gasteiger partial charge on any atom is 0.152 e. The molecule has 26 heavy (non-hydrogen) atoms. The van der Waals surface area contributed by atoms with Crippen LogP contribution in [0.2, 0.25) is 0 Å². The summed E-state index contributed by atoms with van der Waals surface area (Å²) in [5.41, 5.74) is 4.07. The number of H-pyrrole nitrogens is 1. The van der Waals surface area contributed by atoms with Crippen molar-refractivity contribution in [3.05, 3.63) is 71.2 Å². The average molecular weight is 370 g/mol. The summed E-state index contributed by atoms with van der Waals surface area (Å²) in [7, 11) is 0. The van der Waals surface area contributed by atoms with Gasteiger partial charge >= 0.3 is 0 Å². The van der Waals surface area contributed by atoms with Crippen LogP contribution in [0.25, 0.3) is 10.9 Å². The Morgan fingerprint density at radius 2 is 1.88 bits per heavy atom. The van der Waals surface area contributed by atoms with Gasteiger partial charge in [-0.15, -0.1) is 11.6 Å². The van der Waals surface area contributed by atoms with Crippen molar-refractivity contribution in [3.63, 3.8) is 0 Å². The maximum absolute atomic E-state index is 13.5. The smallest absolute Gasteiger partial charge is 0.152 e. The molecule has 0 aliphatic heterocycles. The molecule has 0 saturated heterocycles. The number of carbonyl (C=O) groups excluding carboxylic acids is 1. The molecule has 1 heterocycles. The molecule has 0 unspecified atom stereocenters. The predicted octanol–water partition coefficient (Wildman–Crippen LogP) is 5.45. The largest absolute Gasteiger partial charge is 0.358 e. The molecule has 2 nitrogen and oxygen atoms in total. The molecular weight excluding hydrogens is 349 g/mol. The van der Waals surface area contributed by atoms with E-state index in [1.807, 2.05) is 12.1 Å². The number of alkyl halides is 1. The number of benzene rings is 2. The minimum atomic E-state index is -0.277. The van der Waals surface area contributed by atoms with Crippen LogP contribution in [0.1, 0.15) is 36.6 Å². The van der Waals surface area contributed by atoms with Crippen molar-refractivity contribution in [1.82, 2.24) is 4.98 Å². The molecule has 0 fully saturated rings. The first-order chi connectivity index (χ1) is 12.4. The zero-order valence-electron chi connectivity index (χ0n) is 14.9. The monoisotopic (exact) mass is 369 g/mol. The van der Waals surface area contributed by atoms with Crippen molar-refractivity contribution in [2.45, 2.75) is 26.2 Å². The Hall–Kier alpha value is -2.13. The van der Waals surface area contributed by atoms with E-state index in [1.165, 1.54) is 23.1 Å². The van der Waals surface area contributed by atoms with Gasteiger partial charge in [-0.2, -0.15) is 0 Å². The van der Waals surface area contributed by atoms with Gasteiger partial charge in [0, 0.05) is 28.4 Å². The molecule has 1 aromatic heterocycles. The van der Waals surface area contributed by atoms with Crippen LogP contribution in [0.15, 0.2) is 48.5 Å². The summed E-state index contributed by atoms with van der Waals surface area (Å²) in [6.45, 7) is 4.26. The van der Waals surface area contributed by atoms with Gasteiger partial charge < -0.3 is 4.98 Å². The van der Waals surface area contributed by atoms with Gasteiger partial charge in [-0.25, -0.2) is 4.39 Å². The van der Waals surface area contributed by atoms with E-state index in [2.05, 4.69) is 31.0 Å². The van der Waals surface area contributed by atoms with Gasteiger partial charge in [0.2, 0.25) is 0 Å². The van der Waals surface area contributed by atoms with Crippen LogP contribution in [0.5, 0.6) is 0 Å². The number of hydrogen-bond acceptors (Lipinski definition) is 1. The fourth-order valence-electron chi connectivity index (χ4n) is 4.59. The number of rotatable bonds is 3. The number of fused-ring (bicyclic) bond motifs is 3. The number of carbonyl (C=O) groups is 1. The summed E-state index contributed by atoms with van der Waals surface area (Å²) in [6.07, 6.45) is 0.803. The summed E-state index contributed by atoms with van der Waals surface area (Å²) in [4.78, 5) is 16.4. The van der Waals surface area contributed by atoms with Crippen LogP contribution in [0.4, 0.5) is 4.39 Å². The molecule has 0 amide bonds. The lowest BCUT2D eigenvalue weighted by Crippen LogP contribution is -2.42. The first-order valence-corrected chi connectivity index (χ1v) is 9.39. The number of halogens is 2. The van der Waals surface area contributed by atoms with E-state index in [4.69, 9.17) is 11.6 Å². The van der Waals surface area contributed by atoms with Crippen LogP contribution in [0.3, 0.4) is 0 Å². The molecule has 0 radical (unpaired) electrons. The van der Waals surface area contributed by atoms with E-state index < -0.39 is 0 Å². The molecule has 0 spiro atoms. The molecule has 0 saturated carbocycles. The predicted molar refractivity (Wildman–Crippen MR) is 103 cm³/mol. The van der Waals surface area contributed by atoms with Gasteiger partial charge in [-0.1, -0.05) is 44.2 Å². The summed E-state index contributed by atoms with van der Waals surface area (Å²) in [5.74, 6) is -0.670. The Kier molecular flexibility index (Phi) is 4.15. The van der Waals surface area contributed by atoms with Gasteiger partial charge in [0.05, 0.1) is 5.88 Å². The molecule has 4 heteroatoms. The second-order valence-corrected chi connectivity index (χ2v) is 8.10. The second-order valence-electron chi connectivity index (χ2n) is 7.84. The molecule has 4 rings (SSSR count). The molecule has 3 aromatic rings. The van der Waals surface area contributed by atoms with Gasteiger partial charge in [-0.3, -0.25) is 4.79 Å². The number of nitrogens with one attached hydrogen (secondary N) is 1. The van der Waals surface area contributed by atoms with Crippen LogP contribution >= 0.6 is 11.6 Å². The Balaban J connectivity index is 1.99.